The van der Waals surface area contributed by atoms with Crippen molar-refractivity contribution in [3.63, 3.8) is 0 Å². The number of fused-ring (bicyclic) bond motifs is 1. The number of nitrogens with zero attached hydrogens (tertiary/aromatic N) is 2. The Morgan fingerprint density at radius 1 is 1.14 bits per heavy atom. The van der Waals surface area contributed by atoms with Gasteiger partial charge in [0.1, 0.15) is 12.4 Å². The SMILES string of the molecule is O=C(O)Cn1c(Cc2ccccc2Cl)nc2ccccc21. The second-order valence-electron chi connectivity index (χ2n) is 4.76. The summed E-state index contributed by atoms with van der Waals surface area (Å²) >= 11 is 6.18. The molecule has 0 amide bonds. The van der Waals surface area contributed by atoms with E-state index in [0.29, 0.717) is 17.3 Å². The first-order valence-corrected chi connectivity index (χ1v) is 6.92. The monoisotopic (exact) mass is 300 g/mol. The van der Waals surface area contributed by atoms with E-state index in [9.17, 15) is 4.79 Å². The molecule has 4 nitrogen and oxygen atoms in total. The van der Waals surface area contributed by atoms with E-state index in [0.717, 1.165) is 16.6 Å². The van der Waals surface area contributed by atoms with E-state index in [2.05, 4.69) is 4.98 Å². The van der Waals surface area contributed by atoms with Crippen LogP contribution in [0.15, 0.2) is 48.5 Å². The number of para-hydroxylation sites is 2. The lowest BCUT2D eigenvalue weighted by Gasteiger charge is -2.07. The van der Waals surface area contributed by atoms with Crippen LogP contribution in [0.25, 0.3) is 11.0 Å². The van der Waals surface area contributed by atoms with Crippen molar-refractivity contribution in [1.29, 1.82) is 0 Å². The summed E-state index contributed by atoms with van der Waals surface area (Å²) in [4.78, 5) is 15.7. The Balaban J connectivity index is 2.09. The zero-order valence-electron chi connectivity index (χ0n) is 11.2. The number of carboxylic acids is 1. The fourth-order valence-electron chi connectivity index (χ4n) is 2.38. The number of aliphatic carboxylic acids is 1. The molecule has 5 heteroatoms. The largest absolute Gasteiger partial charge is 0.480 e. The summed E-state index contributed by atoms with van der Waals surface area (Å²) in [5, 5.41) is 9.77. The van der Waals surface area contributed by atoms with Gasteiger partial charge in [-0.3, -0.25) is 4.79 Å². The van der Waals surface area contributed by atoms with Crippen LogP contribution in [0, 0.1) is 0 Å². The molecule has 0 aliphatic rings. The fraction of sp³-hybridized carbons (Fsp3) is 0.125. The standard InChI is InChI=1S/C16H13ClN2O2/c17-12-6-2-1-5-11(12)9-15-18-13-7-3-4-8-14(13)19(15)10-16(20)21/h1-8H,9-10H2,(H,20,21). The number of carboxylic acid groups (broad SMARTS) is 1. The van der Waals surface area contributed by atoms with Gasteiger partial charge in [-0.05, 0) is 23.8 Å². The molecule has 0 spiro atoms. The third kappa shape index (κ3) is 2.76. The van der Waals surface area contributed by atoms with Gasteiger partial charge in [0.2, 0.25) is 0 Å². The number of aromatic nitrogens is 2. The highest BCUT2D eigenvalue weighted by Crippen LogP contribution is 2.22. The minimum Gasteiger partial charge on any atom is -0.480 e. The second-order valence-corrected chi connectivity index (χ2v) is 5.17. The van der Waals surface area contributed by atoms with E-state index in [1.807, 2.05) is 48.5 Å². The number of imidazole rings is 1. The second kappa shape index (κ2) is 5.58. The summed E-state index contributed by atoms with van der Waals surface area (Å²) < 4.78 is 1.72. The average molecular weight is 301 g/mol. The Morgan fingerprint density at radius 2 is 1.86 bits per heavy atom. The summed E-state index contributed by atoms with van der Waals surface area (Å²) in [7, 11) is 0. The van der Waals surface area contributed by atoms with Gasteiger partial charge in [-0.1, -0.05) is 41.9 Å². The van der Waals surface area contributed by atoms with Crippen molar-refractivity contribution in [2.45, 2.75) is 13.0 Å². The highest BCUT2D eigenvalue weighted by atomic mass is 35.5. The first-order chi connectivity index (χ1) is 10.1. The van der Waals surface area contributed by atoms with Crippen molar-refractivity contribution in [2.24, 2.45) is 0 Å². The number of hydrogen-bond donors (Lipinski definition) is 1. The number of hydrogen-bond acceptors (Lipinski definition) is 2. The molecule has 0 aliphatic carbocycles. The summed E-state index contributed by atoms with van der Waals surface area (Å²) in [5.74, 6) is -0.190. The zero-order chi connectivity index (χ0) is 14.8. The molecule has 0 bridgehead atoms. The van der Waals surface area contributed by atoms with E-state index in [1.54, 1.807) is 4.57 Å². The predicted octanol–water partition coefficient (Wildman–Crippen LogP) is 3.37. The molecule has 0 radical (unpaired) electrons. The molecule has 0 aliphatic heterocycles. The first-order valence-electron chi connectivity index (χ1n) is 6.54. The first kappa shape index (κ1) is 13.6. The van der Waals surface area contributed by atoms with Crippen LogP contribution >= 0.6 is 11.6 Å². The number of rotatable bonds is 4. The van der Waals surface area contributed by atoms with Gasteiger partial charge in [-0.15, -0.1) is 0 Å². The van der Waals surface area contributed by atoms with E-state index in [4.69, 9.17) is 16.7 Å². The molecule has 0 saturated carbocycles. The van der Waals surface area contributed by atoms with E-state index in [1.165, 1.54) is 0 Å². The summed E-state index contributed by atoms with van der Waals surface area (Å²) in [6.07, 6.45) is 0.502. The van der Waals surface area contributed by atoms with Gasteiger partial charge in [0, 0.05) is 11.4 Å². The fourth-order valence-corrected chi connectivity index (χ4v) is 2.59. The Bertz CT molecular complexity index is 811. The van der Waals surface area contributed by atoms with Gasteiger partial charge >= 0.3 is 5.97 Å². The Kier molecular flexibility index (Phi) is 3.62. The molecule has 0 atom stereocenters. The molecular weight excluding hydrogens is 288 g/mol. The smallest absolute Gasteiger partial charge is 0.323 e. The summed E-state index contributed by atoms with van der Waals surface area (Å²) in [6, 6.07) is 15.0. The quantitative estimate of drug-likeness (QED) is 0.804. The topological polar surface area (TPSA) is 55.1 Å². The molecule has 21 heavy (non-hydrogen) atoms. The molecular formula is C16H13ClN2O2. The Hall–Kier alpha value is -2.33. The van der Waals surface area contributed by atoms with Crippen LogP contribution in [-0.2, 0) is 17.8 Å². The van der Waals surface area contributed by atoms with Gasteiger partial charge in [-0.2, -0.15) is 0 Å². The van der Waals surface area contributed by atoms with Gasteiger partial charge in [0.05, 0.1) is 11.0 Å². The molecule has 0 unspecified atom stereocenters. The van der Waals surface area contributed by atoms with Crippen LogP contribution in [0.4, 0.5) is 0 Å². The van der Waals surface area contributed by atoms with Crippen LogP contribution < -0.4 is 0 Å². The lowest BCUT2D eigenvalue weighted by atomic mass is 10.1. The normalized spacial score (nSPS) is 10.9. The van der Waals surface area contributed by atoms with Crippen molar-refractivity contribution in [1.82, 2.24) is 9.55 Å². The molecule has 1 aromatic heterocycles. The number of carbonyl (C=O) groups is 1. The molecule has 3 aromatic rings. The minimum absolute atomic E-state index is 0.111. The van der Waals surface area contributed by atoms with E-state index in [-0.39, 0.29) is 6.54 Å². The molecule has 3 rings (SSSR count). The Labute approximate surface area is 126 Å². The van der Waals surface area contributed by atoms with Crippen LogP contribution in [0.2, 0.25) is 5.02 Å². The van der Waals surface area contributed by atoms with Gasteiger partial charge < -0.3 is 9.67 Å². The molecule has 0 fully saturated rings. The number of halogens is 1. The maximum absolute atomic E-state index is 11.1. The van der Waals surface area contributed by atoms with E-state index >= 15 is 0 Å². The molecule has 1 N–H and O–H groups in total. The summed E-state index contributed by atoms with van der Waals surface area (Å²) in [6.45, 7) is -0.111. The minimum atomic E-state index is -0.890. The van der Waals surface area contributed by atoms with Crippen molar-refractivity contribution in [3.8, 4) is 0 Å². The lowest BCUT2D eigenvalue weighted by Crippen LogP contribution is -2.12. The van der Waals surface area contributed by atoms with Crippen molar-refractivity contribution < 1.29 is 9.90 Å². The van der Waals surface area contributed by atoms with Gasteiger partial charge in [-0.25, -0.2) is 4.98 Å². The maximum atomic E-state index is 11.1. The highest BCUT2D eigenvalue weighted by Gasteiger charge is 2.14. The van der Waals surface area contributed by atoms with Gasteiger partial charge in [0.25, 0.3) is 0 Å². The summed E-state index contributed by atoms with van der Waals surface area (Å²) in [5.41, 5.74) is 2.55. The van der Waals surface area contributed by atoms with Crippen molar-refractivity contribution in [2.75, 3.05) is 0 Å². The van der Waals surface area contributed by atoms with Crippen LogP contribution in [-0.4, -0.2) is 20.6 Å². The third-order valence-electron chi connectivity index (χ3n) is 3.33. The van der Waals surface area contributed by atoms with Crippen LogP contribution in [0.3, 0.4) is 0 Å². The Morgan fingerprint density at radius 3 is 2.62 bits per heavy atom. The number of benzene rings is 2. The van der Waals surface area contributed by atoms with E-state index < -0.39 is 5.97 Å². The maximum Gasteiger partial charge on any atom is 0.323 e. The highest BCUT2D eigenvalue weighted by molar-refractivity contribution is 6.31. The molecule has 106 valence electrons. The molecule has 2 aromatic carbocycles. The van der Waals surface area contributed by atoms with Crippen LogP contribution in [0.1, 0.15) is 11.4 Å². The average Bonchev–Trinajstić information content (AvgIpc) is 2.79. The zero-order valence-corrected chi connectivity index (χ0v) is 11.9. The van der Waals surface area contributed by atoms with Crippen molar-refractivity contribution >= 4 is 28.6 Å². The molecule has 1 heterocycles. The lowest BCUT2D eigenvalue weighted by molar-refractivity contribution is -0.137. The van der Waals surface area contributed by atoms with Crippen LogP contribution in [0.5, 0.6) is 0 Å². The van der Waals surface area contributed by atoms with Crippen molar-refractivity contribution in [3.05, 3.63) is 64.9 Å². The van der Waals surface area contributed by atoms with Gasteiger partial charge in [0.15, 0.2) is 0 Å². The molecule has 0 saturated heterocycles. The predicted molar refractivity (Wildman–Crippen MR) is 81.6 cm³/mol. The third-order valence-corrected chi connectivity index (χ3v) is 3.70.